The third kappa shape index (κ3) is 2.51. The summed E-state index contributed by atoms with van der Waals surface area (Å²) in [4.78, 5) is 0. The Morgan fingerprint density at radius 1 is 0.520 bits per heavy atom. The third-order valence-electron chi connectivity index (χ3n) is 3.17. The number of hydrogen-bond donors (Lipinski definition) is 0. The highest BCUT2D eigenvalue weighted by molar-refractivity contribution is 7.57. The minimum Gasteiger partial charge on any atom is -0.167 e. The Bertz CT molecular complexity index is 457. The molecule has 25 heavy (non-hydrogen) atoms. The second kappa shape index (κ2) is 5.24. The van der Waals surface area contributed by atoms with Crippen LogP contribution in [0, 0.1) is 0 Å². The fourth-order valence-corrected chi connectivity index (χ4v) is 4.51. The summed E-state index contributed by atoms with van der Waals surface area (Å²) in [6.45, 7) is -1.88. The van der Waals surface area contributed by atoms with Crippen molar-refractivity contribution in [2.45, 2.75) is 35.9 Å². The molecule has 0 bridgehead atoms. The highest BCUT2D eigenvalue weighted by Gasteiger charge is 3.06. The van der Waals surface area contributed by atoms with E-state index in [2.05, 4.69) is 18.1 Å². The molecule has 0 aromatic carbocycles. The van der Waals surface area contributed by atoms with Gasteiger partial charge in [0, 0.05) is 0 Å². The van der Waals surface area contributed by atoms with Crippen LogP contribution in [-0.4, -0.2) is 49.1 Å². The Kier molecular flexibility index (Phi) is 4.35. The molecular weight excluding hydrogens is 419 g/mol. The van der Waals surface area contributed by atoms with Crippen LogP contribution in [0.5, 0.6) is 0 Å². The first-order valence-corrected chi connectivity index (χ1v) is 7.19. The summed E-state index contributed by atoms with van der Waals surface area (Å²) in [7, 11) is -5.71. The van der Waals surface area contributed by atoms with E-state index in [1.54, 1.807) is 0 Å². The van der Waals surface area contributed by atoms with E-state index < -0.39 is 57.3 Å². The zero-order chi connectivity index (χ0) is 19.7. The third-order valence-corrected chi connectivity index (χ3v) is 5.16. The van der Waals surface area contributed by atoms with Crippen LogP contribution in [0.25, 0.3) is 0 Å². The molecule has 0 atom stereocenters. The fourth-order valence-electron chi connectivity index (χ4n) is 2.25. The van der Waals surface area contributed by atoms with Crippen molar-refractivity contribution in [2.24, 2.45) is 0 Å². The van der Waals surface area contributed by atoms with Crippen molar-refractivity contribution in [1.82, 2.24) is 0 Å². The molecule has 0 N–H and O–H groups in total. The van der Waals surface area contributed by atoms with Crippen LogP contribution >= 0.6 is 8.17 Å². The summed E-state index contributed by atoms with van der Waals surface area (Å²) >= 11 is 0. The molecule has 0 radical (unpaired) electrons. The topological polar surface area (TPSA) is 36.9 Å². The highest BCUT2D eigenvalue weighted by atomic mass is 31.2. The van der Waals surface area contributed by atoms with E-state index in [-0.39, 0.29) is 0 Å². The first kappa shape index (κ1) is 20.7. The molecule has 0 aromatic rings. The normalized spacial score (nSPS) is 26.4. The van der Waals surface area contributed by atoms with Gasteiger partial charge in [0.25, 0.3) is 0 Å². The Morgan fingerprint density at radius 2 is 0.760 bits per heavy atom. The van der Waals surface area contributed by atoms with Gasteiger partial charge in [0.05, 0.1) is 0 Å². The van der Waals surface area contributed by atoms with Gasteiger partial charge in [-0.25, -0.2) is 0 Å². The summed E-state index contributed by atoms with van der Waals surface area (Å²) in [6, 6.07) is 0. The zero-order valence-corrected chi connectivity index (χ0v) is 11.9. The molecule has 0 unspecified atom stereocenters. The van der Waals surface area contributed by atoms with Crippen molar-refractivity contribution in [2.75, 3.05) is 13.2 Å². The van der Waals surface area contributed by atoms with Crippen LogP contribution in [0.15, 0.2) is 0 Å². The lowest BCUT2D eigenvalue weighted by Crippen LogP contribution is -2.79. The molecule has 4 nitrogen and oxygen atoms in total. The fraction of sp³-hybridized carbons (Fsp3) is 1.00. The van der Waals surface area contributed by atoms with Crippen LogP contribution in [-0.2, 0) is 18.1 Å². The van der Waals surface area contributed by atoms with Gasteiger partial charge in [0.2, 0.25) is 0 Å². The molecule has 2 rings (SSSR count). The van der Waals surface area contributed by atoms with Gasteiger partial charge >= 0.3 is 44.1 Å². The van der Waals surface area contributed by atoms with E-state index in [9.17, 15) is 52.7 Å². The molecule has 0 amide bonds. The minimum atomic E-state index is -7.25. The summed E-state index contributed by atoms with van der Waals surface area (Å²) in [5.41, 5.74) is -13.7. The van der Waals surface area contributed by atoms with Gasteiger partial charge in [-0.2, -0.15) is 61.7 Å². The Labute approximate surface area is 129 Å². The Hall–Kier alpha value is -0.570. The molecular formula is C8H4F12O4P+. The van der Waals surface area contributed by atoms with Crippen molar-refractivity contribution in [1.29, 1.82) is 0 Å². The molecule has 1 spiro atoms. The average Bonchev–Trinajstić information content (AvgIpc) is 2.90. The summed E-state index contributed by atoms with van der Waals surface area (Å²) in [6.07, 6.45) is -29.0. The maximum atomic E-state index is 13.1. The van der Waals surface area contributed by atoms with E-state index in [4.69, 9.17) is 0 Å². The predicted octanol–water partition coefficient (Wildman–Crippen LogP) is 4.48. The quantitative estimate of drug-likeness (QED) is 0.426. The zero-order valence-electron chi connectivity index (χ0n) is 11.0. The van der Waals surface area contributed by atoms with Gasteiger partial charge < -0.3 is 0 Å². The van der Waals surface area contributed by atoms with Crippen LogP contribution in [0.3, 0.4) is 0 Å². The number of alkyl halides is 12. The lowest BCUT2D eigenvalue weighted by molar-refractivity contribution is -0.464. The highest BCUT2D eigenvalue weighted by Crippen LogP contribution is 2.83. The Morgan fingerprint density at radius 3 is 0.960 bits per heavy atom. The summed E-state index contributed by atoms with van der Waals surface area (Å²) in [5, 5.41) is 0. The number of rotatable bonds is 0. The van der Waals surface area contributed by atoms with Gasteiger partial charge in [-0.3, -0.25) is 0 Å². The molecule has 2 fully saturated rings. The van der Waals surface area contributed by atoms with E-state index in [1.165, 1.54) is 0 Å². The standard InChI is InChI=1S/C8H4F12O4P/c9-5(10,11)3(6(12,13)14)4(7(15,16)17,8(18,19)20)24-25(23-3)21-1-2-22-25/h1-2H2/q+1. The Balaban J connectivity index is 2.93. The van der Waals surface area contributed by atoms with E-state index >= 15 is 0 Å². The second-order valence-electron chi connectivity index (χ2n) is 4.65. The molecule has 0 saturated carbocycles. The molecule has 0 aromatic heterocycles. The largest absolute Gasteiger partial charge is 0.578 e. The monoisotopic (exact) mass is 423 g/mol. The van der Waals surface area contributed by atoms with Gasteiger partial charge in [-0.15, -0.1) is 9.05 Å². The molecule has 148 valence electrons. The number of halogens is 12. The van der Waals surface area contributed by atoms with Crippen molar-refractivity contribution >= 4 is 8.17 Å². The van der Waals surface area contributed by atoms with E-state index in [1.807, 2.05) is 0 Å². The van der Waals surface area contributed by atoms with Crippen LogP contribution < -0.4 is 0 Å². The SMILES string of the molecule is FC(F)(F)C1(C(F)(F)F)O[P+]2(OCCO2)OC1(C(F)(F)F)C(F)(F)F. The van der Waals surface area contributed by atoms with E-state index in [0.29, 0.717) is 0 Å². The van der Waals surface area contributed by atoms with Crippen molar-refractivity contribution in [3.8, 4) is 0 Å². The van der Waals surface area contributed by atoms with Crippen LogP contribution in [0.2, 0.25) is 0 Å². The smallest absolute Gasteiger partial charge is 0.167 e. The minimum absolute atomic E-state index is 0.939. The van der Waals surface area contributed by atoms with Crippen LogP contribution in [0.4, 0.5) is 52.7 Å². The summed E-state index contributed by atoms with van der Waals surface area (Å²) < 4.78 is 172. The maximum Gasteiger partial charge on any atom is 0.578 e. The predicted molar refractivity (Wildman–Crippen MR) is 50.7 cm³/mol. The maximum absolute atomic E-state index is 13.1. The molecule has 2 heterocycles. The van der Waals surface area contributed by atoms with Gasteiger partial charge in [0.15, 0.2) is 0 Å². The molecule has 2 aliphatic heterocycles. The molecule has 2 saturated heterocycles. The second-order valence-corrected chi connectivity index (χ2v) is 6.43. The number of hydrogen-bond acceptors (Lipinski definition) is 4. The van der Waals surface area contributed by atoms with Crippen LogP contribution in [0.1, 0.15) is 0 Å². The average molecular weight is 423 g/mol. The lowest BCUT2D eigenvalue weighted by Gasteiger charge is -2.41. The lowest BCUT2D eigenvalue weighted by atomic mass is 9.79. The first-order valence-electron chi connectivity index (χ1n) is 5.73. The molecule has 0 aliphatic carbocycles. The van der Waals surface area contributed by atoms with Gasteiger partial charge in [-0.05, 0) is 0 Å². The van der Waals surface area contributed by atoms with Gasteiger partial charge in [-0.1, -0.05) is 0 Å². The summed E-state index contributed by atoms with van der Waals surface area (Å²) in [5.74, 6) is 0. The van der Waals surface area contributed by atoms with Gasteiger partial charge in [0.1, 0.15) is 13.2 Å². The first-order chi connectivity index (χ1) is 10.9. The molecule has 2 aliphatic rings. The van der Waals surface area contributed by atoms with Crippen molar-refractivity contribution in [3.05, 3.63) is 0 Å². The van der Waals surface area contributed by atoms with Crippen molar-refractivity contribution in [3.63, 3.8) is 0 Å². The van der Waals surface area contributed by atoms with E-state index in [0.717, 1.165) is 0 Å². The molecule has 17 heteroatoms. The van der Waals surface area contributed by atoms with Crippen molar-refractivity contribution < 1.29 is 70.8 Å².